The Morgan fingerprint density at radius 2 is 2.05 bits per heavy atom. The van der Waals surface area contributed by atoms with Gasteiger partial charge in [0.05, 0.1) is 37.3 Å². The van der Waals surface area contributed by atoms with Crippen molar-refractivity contribution in [1.82, 2.24) is 30.3 Å². The molecule has 2 amide bonds. The average molecular weight is 539 g/mol. The van der Waals surface area contributed by atoms with Gasteiger partial charge in [-0.05, 0) is 57.4 Å². The summed E-state index contributed by atoms with van der Waals surface area (Å²) in [5.41, 5.74) is 0.680. The Labute approximate surface area is 226 Å². The number of nitrogens with zero attached hydrogens (tertiary/aromatic N) is 4. The molecule has 10 nitrogen and oxygen atoms in total. The second-order valence-electron chi connectivity index (χ2n) is 12.0. The standard InChI is InChI=1S/C28H35FN6O4/c1-38-24-11-19(20(29)14-30-24)21-12-22(33-32-21)26(37)35-10-3-17(13-27(35)7-8-27)25(36)31-18-4-9-34(15-18)23-16-39-28(23)5-2-6-28/h11-12,14,17-18,23H,2-10,13,15-16H2,1H3,(H,31,36)(H,32,33)/t17-,18+,23+/m0/s1. The Bertz CT molecular complexity index is 1290. The van der Waals surface area contributed by atoms with E-state index in [1.807, 2.05) is 4.90 Å². The molecule has 5 aliphatic rings. The molecule has 3 saturated heterocycles. The molecule has 2 aromatic heterocycles. The van der Waals surface area contributed by atoms with E-state index in [9.17, 15) is 14.0 Å². The number of hydrogen-bond acceptors (Lipinski definition) is 7. The van der Waals surface area contributed by atoms with Crippen LogP contribution >= 0.6 is 0 Å². The number of piperidine rings is 1. The molecule has 0 unspecified atom stereocenters. The van der Waals surface area contributed by atoms with Crippen molar-refractivity contribution in [3.8, 4) is 17.1 Å². The predicted molar refractivity (Wildman–Crippen MR) is 138 cm³/mol. The van der Waals surface area contributed by atoms with Crippen molar-refractivity contribution >= 4 is 11.8 Å². The van der Waals surface area contributed by atoms with E-state index in [2.05, 4.69) is 25.4 Å². The number of H-pyrrole nitrogens is 1. The van der Waals surface area contributed by atoms with Gasteiger partial charge in [0, 0.05) is 48.8 Å². The fourth-order valence-corrected chi connectivity index (χ4v) is 7.14. The van der Waals surface area contributed by atoms with Gasteiger partial charge < -0.3 is 19.7 Å². The van der Waals surface area contributed by atoms with Crippen molar-refractivity contribution in [3.63, 3.8) is 0 Å². The first-order valence-corrected chi connectivity index (χ1v) is 14.2. The number of nitrogens with one attached hydrogen (secondary N) is 2. The molecule has 0 bridgehead atoms. The predicted octanol–water partition coefficient (Wildman–Crippen LogP) is 2.52. The number of ether oxygens (including phenoxy) is 2. The van der Waals surface area contributed by atoms with Crippen molar-refractivity contribution in [2.24, 2.45) is 5.92 Å². The molecule has 208 valence electrons. The molecule has 0 aromatic carbocycles. The lowest BCUT2D eigenvalue weighted by Gasteiger charge is -2.58. The highest BCUT2D eigenvalue weighted by Crippen LogP contribution is 2.51. The van der Waals surface area contributed by atoms with Crippen LogP contribution in [0.25, 0.3) is 11.3 Å². The number of aromatic amines is 1. The summed E-state index contributed by atoms with van der Waals surface area (Å²) in [6.07, 6.45) is 8.73. The van der Waals surface area contributed by atoms with Crippen LogP contribution in [0, 0.1) is 11.7 Å². The van der Waals surface area contributed by atoms with Gasteiger partial charge in [-0.3, -0.25) is 19.6 Å². The largest absolute Gasteiger partial charge is 0.481 e. The van der Waals surface area contributed by atoms with Gasteiger partial charge in [-0.25, -0.2) is 9.37 Å². The molecular formula is C28H35FN6O4. The minimum absolute atomic E-state index is 0.0938. The zero-order chi connectivity index (χ0) is 26.8. The first-order chi connectivity index (χ1) is 18.9. The Balaban J connectivity index is 0.968. The third kappa shape index (κ3) is 4.21. The second kappa shape index (κ2) is 9.26. The molecule has 0 radical (unpaired) electrons. The van der Waals surface area contributed by atoms with Crippen LogP contribution in [0.2, 0.25) is 0 Å². The molecule has 2 aromatic rings. The number of rotatable bonds is 6. The van der Waals surface area contributed by atoms with E-state index in [1.54, 1.807) is 6.07 Å². The van der Waals surface area contributed by atoms with Crippen LogP contribution in [0.1, 0.15) is 61.9 Å². The maximum Gasteiger partial charge on any atom is 0.274 e. The molecule has 2 spiro atoms. The van der Waals surface area contributed by atoms with E-state index >= 15 is 0 Å². The van der Waals surface area contributed by atoms with Gasteiger partial charge in [-0.1, -0.05) is 0 Å². The summed E-state index contributed by atoms with van der Waals surface area (Å²) in [5, 5.41) is 10.3. The third-order valence-corrected chi connectivity index (χ3v) is 9.81. The lowest BCUT2D eigenvalue weighted by atomic mass is 9.70. The summed E-state index contributed by atoms with van der Waals surface area (Å²) in [6, 6.07) is 3.73. The molecule has 7 rings (SSSR count). The lowest BCUT2D eigenvalue weighted by Crippen LogP contribution is -2.68. The fourth-order valence-electron chi connectivity index (χ4n) is 7.14. The molecule has 2 aliphatic carbocycles. The Morgan fingerprint density at radius 3 is 2.74 bits per heavy atom. The minimum atomic E-state index is -0.530. The maximum atomic E-state index is 14.4. The first kappa shape index (κ1) is 25.0. The highest BCUT2D eigenvalue weighted by atomic mass is 19.1. The van der Waals surface area contributed by atoms with E-state index in [-0.39, 0.29) is 52.1 Å². The summed E-state index contributed by atoms with van der Waals surface area (Å²) in [5.74, 6) is -0.417. The second-order valence-corrected chi connectivity index (χ2v) is 12.0. The quantitative estimate of drug-likeness (QED) is 0.581. The van der Waals surface area contributed by atoms with E-state index in [1.165, 1.54) is 32.4 Å². The van der Waals surface area contributed by atoms with Crippen molar-refractivity contribution < 1.29 is 23.5 Å². The molecule has 5 heterocycles. The Morgan fingerprint density at radius 1 is 1.21 bits per heavy atom. The van der Waals surface area contributed by atoms with Crippen molar-refractivity contribution in [2.75, 3.05) is 33.4 Å². The van der Waals surface area contributed by atoms with E-state index in [0.29, 0.717) is 31.1 Å². The van der Waals surface area contributed by atoms with Gasteiger partial charge in [-0.2, -0.15) is 5.10 Å². The number of likely N-dealkylation sites (tertiary alicyclic amines) is 2. The molecule has 39 heavy (non-hydrogen) atoms. The number of aromatic nitrogens is 3. The summed E-state index contributed by atoms with van der Waals surface area (Å²) in [6.45, 7) is 3.24. The third-order valence-electron chi connectivity index (χ3n) is 9.81. The van der Waals surface area contributed by atoms with Crippen molar-refractivity contribution in [3.05, 3.63) is 29.8 Å². The first-order valence-electron chi connectivity index (χ1n) is 14.2. The van der Waals surface area contributed by atoms with Crippen molar-refractivity contribution in [1.29, 1.82) is 0 Å². The molecule has 2 saturated carbocycles. The number of carbonyl (C=O) groups is 2. The van der Waals surface area contributed by atoms with Crippen LogP contribution in [0.5, 0.6) is 5.88 Å². The monoisotopic (exact) mass is 538 g/mol. The minimum Gasteiger partial charge on any atom is -0.481 e. The maximum absolute atomic E-state index is 14.4. The van der Waals surface area contributed by atoms with Crippen LogP contribution in [-0.4, -0.2) is 93.4 Å². The van der Waals surface area contributed by atoms with Gasteiger partial charge in [-0.15, -0.1) is 0 Å². The number of amides is 2. The number of halogens is 1. The van der Waals surface area contributed by atoms with Crippen LogP contribution < -0.4 is 10.1 Å². The van der Waals surface area contributed by atoms with Crippen LogP contribution in [0.15, 0.2) is 18.3 Å². The highest BCUT2D eigenvalue weighted by Gasteiger charge is 2.56. The average Bonchev–Trinajstić information content (AvgIpc) is 3.26. The molecular weight excluding hydrogens is 503 g/mol. The summed E-state index contributed by atoms with van der Waals surface area (Å²) in [7, 11) is 1.46. The summed E-state index contributed by atoms with van der Waals surface area (Å²) >= 11 is 0. The molecule has 2 N–H and O–H groups in total. The number of pyridine rings is 1. The van der Waals surface area contributed by atoms with Gasteiger partial charge in [0.25, 0.3) is 5.91 Å². The smallest absolute Gasteiger partial charge is 0.274 e. The fraction of sp³-hybridized carbons (Fsp3) is 0.643. The topological polar surface area (TPSA) is 113 Å². The van der Waals surface area contributed by atoms with Crippen LogP contribution in [0.4, 0.5) is 4.39 Å². The van der Waals surface area contributed by atoms with E-state index in [4.69, 9.17) is 9.47 Å². The normalized spacial score (nSPS) is 28.7. The highest BCUT2D eigenvalue weighted by molar-refractivity contribution is 5.94. The number of carbonyl (C=O) groups excluding carboxylic acids is 2. The van der Waals surface area contributed by atoms with Gasteiger partial charge >= 0.3 is 0 Å². The molecule has 3 atom stereocenters. The van der Waals surface area contributed by atoms with Crippen molar-refractivity contribution in [2.45, 2.75) is 74.6 Å². The van der Waals surface area contributed by atoms with Gasteiger partial charge in [0.15, 0.2) is 11.5 Å². The summed E-state index contributed by atoms with van der Waals surface area (Å²) < 4.78 is 25.4. The Hall–Kier alpha value is -3.05. The van der Waals surface area contributed by atoms with E-state index in [0.717, 1.165) is 45.2 Å². The molecule has 3 aliphatic heterocycles. The lowest BCUT2D eigenvalue weighted by molar-refractivity contribution is -0.246. The SMILES string of the molecule is COc1cc(-c2cc(C(=O)N3CC[C@H](C(=O)N[C@@H]4CCN([C@@H]5COC56CCC6)C4)CC34CC4)n[nH]2)c(F)cn1. The zero-order valence-electron chi connectivity index (χ0n) is 22.2. The number of hydrogen-bond donors (Lipinski definition) is 2. The van der Waals surface area contributed by atoms with Gasteiger partial charge in [0.1, 0.15) is 0 Å². The summed E-state index contributed by atoms with van der Waals surface area (Å²) in [4.78, 5) is 35.0. The van der Waals surface area contributed by atoms with Crippen LogP contribution in [-0.2, 0) is 9.53 Å². The van der Waals surface area contributed by atoms with Crippen LogP contribution in [0.3, 0.4) is 0 Å². The molecule has 5 fully saturated rings. The Kier molecular flexibility index (Phi) is 5.93. The number of methoxy groups -OCH3 is 1. The van der Waals surface area contributed by atoms with Gasteiger partial charge in [0.2, 0.25) is 11.8 Å². The molecule has 11 heteroatoms. The zero-order valence-corrected chi connectivity index (χ0v) is 22.2. The van der Waals surface area contributed by atoms with E-state index < -0.39 is 5.82 Å².